The molecule has 0 bridgehead atoms. The first-order chi connectivity index (χ1) is 10.7. The maximum absolute atomic E-state index is 10.3. The summed E-state index contributed by atoms with van der Waals surface area (Å²) in [5.74, 6) is 0.813. The van der Waals surface area contributed by atoms with Crippen molar-refractivity contribution < 1.29 is 9.84 Å². The van der Waals surface area contributed by atoms with Gasteiger partial charge in [0.1, 0.15) is 18.5 Å². The Morgan fingerprint density at radius 1 is 1.23 bits per heavy atom. The molecular weight excluding hydrogens is 294 g/mol. The highest BCUT2D eigenvalue weighted by molar-refractivity contribution is 7.11. The normalized spacial score (nSPS) is 16.0. The van der Waals surface area contributed by atoms with Crippen molar-refractivity contribution in [2.75, 3.05) is 13.2 Å². The summed E-state index contributed by atoms with van der Waals surface area (Å²) in [6, 6.07) is 14.7. The Hall–Kier alpha value is -1.36. The molecule has 1 saturated carbocycles. The van der Waals surface area contributed by atoms with Gasteiger partial charge in [-0.3, -0.25) is 4.90 Å². The zero-order chi connectivity index (χ0) is 15.4. The highest BCUT2D eigenvalue weighted by Gasteiger charge is 2.30. The van der Waals surface area contributed by atoms with Gasteiger partial charge in [-0.05, 0) is 44.0 Å². The van der Waals surface area contributed by atoms with Gasteiger partial charge in [0.15, 0.2) is 0 Å². The lowest BCUT2D eigenvalue weighted by atomic mass is 10.3. The molecule has 1 heterocycles. The first kappa shape index (κ1) is 15.5. The summed E-state index contributed by atoms with van der Waals surface area (Å²) >= 11 is 1.84. The average molecular weight is 317 g/mol. The van der Waals surface area contributed by atoms with Gasteiger partial charge in [0.25, 0.3) is 0 Å². The quantitative estimate of drug-likeness (QED) is 0.809. The minimum Gasteiger partial charge on any atom is -0.491 e. The minimum atomic E-state index is -0.457. The molecule has 1 unspecified atom stereocenters. The van der Waals surface area contributed by atoms with Crippen LogP contribution < -0.4 is 4.74 Å². The van der Waals surface area contributed by atoms with Crippen molar-refractivity contribution >= 4 is 11.3 Å². The molecule has 0 aliphatic heterocycles. The number of rotatable bonds is 8. The maximum atomic E-state index is 10.3. The number of benzene rings is 1. The Labute approximate surface area is 136 Å². The molecule has 1 N–H and O–H groups in total. The van der Waals surface area contributed by atoms with E-state index in [1.165, 1.54) is 22.6 Å². The fraction of sp³-hybridized carbons (Fsp3) is 0.444. The number of nitrogens with zero attached hydrogens (tertiary/aromatic N) is 1. The number of aliphatic hydroxyl groups is 1. The lowest BCUT2D eigenvalue weighted by Crippen LogP contribution is -2.36. The molecule has 0 radical (unpaired) electrons. The molecule has 1 aromatic carbocycles. The second kappa shape index (κ2) is 7.27. The van der Waals surface area contributed by atoms with Crippen LogP contribution in [0.15, 0.2) is 42.5 Å². The minimum absolute atomic E-state index is 0.344. The summed E-state index contributed by atoms with van der Waals surface area (Å²) in [4.78, 5) is 5.11. The number of aryl methyl sites for hydroxylation is 1. The summed E-state index contributed by atoms with van der Waals surface area (Å²) in [5.41, 5.74) is 0. The molecule has 0 amide bonds. The zero-order valence-corrected chi connectivity index (χ0v) is 13.8. The third-order valence-electron chi connectivity index (χ3n) is 3.85. The molecule has 3 nitrogen and oxygen atoms in total. The van der Waals surface area contributed by atoms with Gasteiger partial charge < -0.3 is 9.84 Å². The van der Waals surface area contributed by atoms with E-state index in [0.717, 1.165) is 12.3 Å². The summed E-state index contributed by atoms with van der Waals surface area (Å²) < 4.78 is 5.65. The third kappa shape index (κ3) is 4.57. The molecule has 1 aliphatic carbocycles. The van der Waals surface area contributed by atoms with E-state index in [2.05, 4.69) is 24.0 Å². The topological polar surface area (TPSA) is 32.7 Å². The molecule has 2 aromatic rings. The molecule has 1 aliphatic rings. The number of ether oxygens (including phenoxy) is 1. The summed E-state index contributed by atoms with van der Waals surface area (Å²) in [5, 5.41) is 10.3. The molecule has 0 saturated heterocycles. The number of thiophene rings is 1. The van der Waals surface area contributed by atoms with Gasteiger partial charge in [-0.1, -0.05) is 18.2 Å². The first-order valence-corrected chi connectivity index (χ1v) is 8.67. The summed E-state index contributed by atoms with van der Waals surface area (Å²) in [6.45, 7) is 4.09. The van der Waals surface area contributed by atoms with Gasteiger partial charge in [-0.15, -0.1) is 11.3 Å². The molecule has 1 fully saturated rings. The molecule has 3 rings (SSSR count). The van der Waals surface area contributed by atoms with Gasteiger partial charge in [0, 0.05) is 28.9 Å². The predicted molar refractivity (Wildman–Crippen MR) is 90.4 cm³/mol. The van der Waals surface area contributed by atoms with Crippen LogP contribution in [0.3, 0.4) is 0 Å². The van der Waals surface area contributed by atoms with Crippen LogP contribution in [0.5, 0.6) is 5.75 Å². The van der Waals surface area contributed by atoms with Crippen molar-refractivity contribution in [1.29, 1.82) is 0 Å². The Balaban J connectivity index is 1.50. The third-order valence-corrected chi connectivity index (χ3v) is 4.83. The van der Waals surface area contributed by atoms with Crippen molar-refractivity contribution in [1.82, 2.24) is 4.90 Å². The largest absolute Gasteiger partial charge is 0.491 e. The van der Waals surface area contributed by atoms with Crippen LogP contribution in [0.25, 0.3) is 0 Å². The smallest absolute Gasteiger partial charge is 0.119 e. The second-order valence-electron chi connectivity index (χ2n) is 5.95. The fourth-order valence-corrected chi connectivity index (χ4v) is 3.50. The van der Waals surface area contributed by atoms with Crippen molar-refractivity contribution in [2.24, 2.45) is 0 Å². The Kier molecular flexibility index (Phi) is 5.13. The lowest BCUT2D eigenvalue weighted by Gasteiger charge is -2.24. The summed E-state index contributed by atoms with van der Waals surface area (Å²) in [7, 11) is 0. The molecule has 1 atom stereocenters. The van der Waals surface area contributed by atoms with Gasteiger partial charge in [0.05, 0.1) is 0 Å². The van der Waals surface area contributed by atoms with Crippen LogP contribution in [-0.4, -0.2) is 35.3 Å². The van der Waals surface area contributed by atoms with Crippen LogP contribution in [0.4, 0.5) is 0 Å². The number of aliphatic hydroxyl groups excluding tert-OH is 1. The number of hydrogen-bond acceptors (Lipinski definition) is 4. The van der Waals surface area contributed by atoms with Crippen molar-refractivity contribution in [3.63, 3.8) is 0 Å². The molecule has 22 heavy (non-hydrogen) atoms. The number of hydrogen-bond donors (Lipinski definition) is 1. The average Bonchev–Trinajstić information content (AvgIpc) is 3.29. The summed E-state index contributed by atoms with van der Waals surface area (Å²) in [6.07, 6.45) is 2.04. The highest BCUT2D eigenvalue weighted by Crippen LogP contribution is 2.29. The van der Waals surface area contributed by atoms with E-state index in [1.807, 2.05) is 41.7 Å². The van der Waals surface area contributed by atoms with Gasteiger partial charge >= 0.3 is 0 Å². The van der Waals surface area contributed by atoms with Crippen molar-refractivity contribution in [2.45, 2.75) is 38.5 Å². The van der Waals surface area contributed by atoms with Crippen LogP contribution in [0, 0.1) is 6.92 Å². The SMILES string of the molecule is Cc1ccc(CN(CC(O)COc2ccccc2)C2CC2)s1. The molecule has 0 spiro atoms. The van der Waals surface area contributed by atoms with E-state index in [1.54, 1.807) is 0 Å². The van der Waals surface area contributed by atoms with E-state index in [0.29, 0.717) is 19.2 Å². The Bertz CT molecular complexity index is 580. The maximum Gasteiger partial charge on any atom is 0.119 e. The van der Waals surface area contributed by atoms with Crippen molar-refractivity contribution in [3.05, 3.63) is 52.2 Å². The van der Waals surface area contributed by atoms with Crippen LogP contribution in [0.1, 0.15) is 22.6 Å². The first-order valence-electron chi connectivity index (χ1n) is 7.86. The van der Waals surface area contributed by atoms with Crippen LogP contribution in [-0.2, 0) is 6.54 Å². The predicted octanol–water partition coefficient (Wildman–Crippen LogP) is 3.46. The number of para-hydroxylation sites is 1. The molecular formula is C18H23NO2S. The second-order valence-corrected chi connectivity index (χ2v) is 7.32. The van der Waals surface area contributed by atoms with Gasteiger partial charge in [-0.25, -0.2) is 0 Å². The molecule has 4 heteroatoms. The van der Waals surface area contributed by atoms with E-state index >= 15 is 0 Å². The van der Waals surface area contributed by atoms with E-state index < -0.39 is 6.10 Å². The van der Waals surface area contributed by atoms with Crippen LogP contribution in [0.2, 0.25) is 0 Å². The van der Waals surface area contributed by atoms with Crippen molar-refractivity contribution in [3.8, 4) is 5.75 Å². The van der Waals surface area contributed by atoms with E-state index in [4.69, 9.17) is 4.74 Å². The lowest BCUT2D eigenvalue weighted by molar-refractivity contribution is 0.0630. The fourth-order valence-electron chi connectivity index (χ4n) is 2.59. The van der Waals surface area contributed by atoms with Crippen LogP contribution >= 0.6 is 11.3 Å². The highest BCUT2D eigenvalue weighted by atomic mass is 32.1. The van der Waals surface area contributed by atoms with E-state index in [-0.39, 0.29) is 0 Å². The van der Waals surface area contributed by atoms with Gasteiger partial charge in [-0.2, -0.15) is 0 Å². The molecule has 1 aromatic heterocycles. The van der Waals surface area contributed by atoms with E-state index in [9.17, 15) is 5.11 Å². The molecule has 118 valence electrons. The Morgan fingerprint density at radius 2 is 2.00 bits per heavy atom. The monoisotopic (exact) mass is 317 g/mol. The van der Waals surface area contributed by atoms with Gasteiger partial charge in [0.2, 0.25) is 0 Å². The Morgan fingerprint density at radius 3 is 2.64 bits per heavy atom. The zero-order valence-electron chi connectivity index (χ0n) is 12.9. The standard InChI is InChI=1S/C18H23NO2S/c1-14-7-10-18(22-14)12-19(15-8-9-15)11-16(20)13-21-17-5-3-2-4-6-17/h2-7,10,15-16,20H,8-9,11-13H2,1H3.